The number of hydrogen-bond donors (Lipinski definition) is 2. The van der Waals surface area contributed by atoms with Gasteiger partial charge < -0.3 is 19.7 Å². The van der Waals surface area contributed by atoms with Gasteiger partial charge in [0.25, 0.3) is 0 Å². The Labute approximate surface area is 273 Å². The van der Waals surface area contributed by atoms with Crippen LogP contribution in [0.4, 0.5) is 0 Å². The van der Waals surface area contributed by atoms with Gasteiger partial charge in [-0.3, -0.25) is 9.59 Å². The molecule has 0 aliphatic rings. The number of carbonyl (C=O) groups excluding carboxylic acids is 2. The second kappa shape index (κ2) is 25.6. The van der Waals surface area contributed by atoms with Crippen LogP contribution in [0.5, 0.6) is 11.5 Å². The molecular weight excluding hydrogens is 635 g/mol. The second-order valence-corrected chi connectivity index (χ2v) is 10.6. The van der Waals surface area contributed by atoms with Gasteiger partial charge in [0.15, 0.2) is 11.6 Å². The number of ketones is 2. The van der Waals surface area contributed by atoms with Gasteiger partial charge in [0.1, 0.15) is 11.5 Å². The van der Waals surface area contributed by atoms with Crippen molar-refractivity contribution in [1.82, 2.24) is 0 Å². The Morgan fingerprint density at radius 3 is 1.16 bits per heavy atom. The number of hydrogen-bond acceptors (Lipinski definition) is 6. The van der Waals surface area contributed by atoms with Crippen LogP contribution < -0.4 is 9.47 Å². The molecular formula is C36H52O6Pd. The molecule has 242 valence electrons. The summed E-state index contributed by atoms with van der Waals surface area (Å²) in [7, 11) is 0. The first kappa shape index (κ1) is 40.1. The second-order valence-electron chi connectivity index (χ2n) is 10.6. The van der Waals surface area contributed by atoms with E-state index in [4.69, 9.17) is 19.7 Å². The summed E-state index contributed by atoms with van der Waals surface area (Å²) in [6, 6.07) is 14.1. The Kier molecular flexibility index (Phi) is 23.9. The predicted molar refractivity (Wildman–Crippen MR) is 172 cm³/mol. The van der Waals surface area contributed by atoms with Crippen LogP contribution in [-0.2, 0) is 20.4 Å². The predicted octanol–water partition coefficient (Wildman–Crippen LogP) is 10.1. The molecule has 0 saturated carbocycles. The zero-order chi connectivity index (χ0) is 31.0. The number of aliphatic hydroxyl groups is 2. The standard InChI is InChI=1S/2C18H26O3.Pd/c2*1-3-4-5-6-7-8-13-21-17-11-9-16(10-12-17)18(20)14-15(2)19;/h2*9-12,14,19H,3-8,13H2,1-2H3;/b2*15-14-;. The normalized spacial score (nSPS) is 11.2. The summed E-state index contributed by atoms with van der Waals surface area (Å²) in [4.78, 5) is 23.3. The summed E-state index contributed by atoms with van der Waals surface area (Å²) >= 11 is 0. The molecule has 0 atom stereocenters. The molecule has 2 aromatic rings. The van der Waals surface area contributed by atoms with E-state index >= 15 is 0 Å². The Hall–Kier alpha value is -2.88. The van der Waals surface area contributed by atoms with Crippen molar-refractivity contribution in [3.8, 4) is 11.5 Å². The van der Waals surface area contributed by atoms with Crippen molar-refractivity contribution >= 4 is 11.6 Å². The monoisotopic (exact) mass is 686 g/mol. The Bertz CT molecular complexity index is 978. The van der Waals surface area contributed by atoms with E-state index in [1.807, 2.05) is 0 Å². The minimum absolute atomic E-state index is 0. The van der Waals surface area contributed by atoms with Crippen molar-refractivity contribution < 1.29 is 49.7 Å². The van der Waals surface area contributed by atoms with E-state index < -0.39 is 0 Å². The van der Waals surface area contributed by atoms with Gasteiger partial charge in [-0.2, -0.15) is 0 Å². The molecule has 6 nitrogen and oxygen atoms in total. The average Bonchev–Trinajstić information content (AvgIpc) is 2.96. The summed E-state index contributed by atoms with van der Waals surface area (Å²) in [6.45, 7) is 8.83. The minimum atomic E-state index is -0.197. The van der Waals surface area contributed by atoms with Gasteiger partial charge in [-0.25, -0.2) is 0 Å². The van der Waals surface area contributed by atoms with Crippen molar-refractivity contribution in [2.45, 2.75) is 105 Å². The van der Waals surface area contributed by atoms with Crippen molar-refractivity contribution in [3.63, 3.8) is 0 Å². The van der Waals surface area contributed by atoms with Gasteiger partial charge >= 0.3 is 0 Å². The molecule has 2 N–H and O–H groups in total. The first-order valence-electron chi connectivity index (χ1n) is 15.6. The fourth-order valence-corrected chi connectivity index (χ4v) is 4.12. The number of allylic oxidation sites excluding steroid dienone is 4. The molecule has 7 heteroatoms. The van der Waals surface area contributed by atoms with Crippen LogP contribution >= 0.6 is 0 Å². The molecule has 0 radical (unpaired) electrons. The molecule has 0 aliphatic carbocycles. The fraction of sp³-hybridized carbons (Fsp3) is 0.500. The summed E-state index contributed by atoms with van der Waals surface area (Å²) in [5, 5.41) is 18.1. The number of aliphatic hydroxyl groups excluding tert-OH is 2. The molecule has 0 aliphatic heterocycles. The molecule has 0 aromatic heterocycles. The summed E-state index contributed by atoms with van der Waals surface area (Å²) in [6.07, 6.45) is 17.3. The topological polar surface area (TPSA) is 93.1 Å². The maximum absolute atomic E-state index is 11.7. The Balaban J connectivity index is 0.000000802. The van der Waals surface area contributed by atoms with Crippen LogP contribution in [0.1, 0.15) is 125 Å². The van der Waals surface area contributed by atoms with Gasteiger partial charge in [0.2, 0.25) is 0 Å². The van der Waals surface area contributed by atoms with Crippen LogP contribution in [0.3, 0.4) is 0 Å². The molecule has 0 fully saturated rings. The molecule has 43 heavy (non-hydrogen) atoms. The average molecular weight is 687 g/mol. The van der Waals surface area contributed by atoms with E-state index in [0.29, 0.717) is 11.1 Å². The van der Waals surface area contributed by atoms with E-state index in [-0.39, 0.29) is 43.5 Å². The van der Waals surface area contributed by atoms with Crippen LogP contribution in [0.25, 0.3) is 0 Å². The smallest absolute Gasteiger partial charge is 0.189 e. The Morgan fingerprint density at radius 2 is 0.860 bits per heavy atom. The van der Waals surface area contributed by atoms with Crippen molar-refractivity contribution in [2.24, 2.45) is 0 Å². The number of rotatable bonds is 20. The molecule has 0 amide bonds. The van der Waals surface area contributed by atoms with Crippen molar-refractivity contribution in [2.75, 3.05) is 13.2 Å². The first-order chi connectivity index (χ1) is 20.3. The molecule has 0 unspecified atom stereocenters. The molecule has 2 aromatic carbocycles. The maximum Gasteiger partial charge on any atom is 0.189 e. The van der Waals surface area contributed by atoms with Crippen LogP contribution in [-0.4, -0.2) is 35.0 Å². The van der Waals surface area contributed by atoms with Crippen LogP contribution in [0.2, 0.25) is 0 Å². The van der Waals surface area contributed by atoms with Gasteiger partial charge in [0.05, 0.1) is 24.7 Å². The van der Waals surface area contributed by atoms with E-state index in [1.165, 1.54) is 90.2 Å². The zero-order valence-corrected chi connectivity index (χ0v) is 28.1. The SMILES string of the molecule is CCCCCCCCOc1ccc(C(=O)/C=C(/C)O)cc1.CCCCCCCCOc1ccc(C(=O)/C=C(/C)O)cc1.[Pd]. The summed E-state index contributed by atoms with van der Waals surface area (Å²) in [5.74, 6) is 1.20. The maximum atomic E-state index is 11.7. The van der Waals surface area contributed by atoms with E-state index in [1.54, 1.807) is 48.5 Å². The molecule has 2 rings (SSSR count). The number of unbranched alkanes of at least 4 members (excludes halogenated alkanes) is 10. The third kappa shape index (κ3) is 20.6. The Morgan fingerprint density at radius 1 is 0.558 bits per heavy atom. The van der Waals surface area contributed by atoms with Crippen LogP contribution in [0.15, 0.2) is 72.2 Å². The van der Waals surface area contributed by atoms with Crippen LogP contribution in [0, 0.1) is 0 Å². The number of carbonyl (C=O) groups is 2. The third-order valence-electron chi connectivity index (χ3n) is 6.49. The van der Waals surface area contributed by atoms with E-state index in [0.717, 1.165) is 37.6 Å². The third-order valence-corrected chi connectivity index (χ3v) is 6.49. The van der Waals surface area contributed by atoms with E-state index in [9.17, 15) is 9.59 Å². The number of ether oxygens (including phenoxy) is 2. The van der Waals surface area contributed by atoms with E-state index in [2.05, 4.69) is 13.8 Å². The molecule has 0 spiro atoms. The fourth-order valence-electron chi connectivity index (χ4n) is 4.12. The van der Waals surface area contributed by atoms with Gasteiger partial charge in [-0.15, -0.1) is 0 Å². The van der Waals surface area contributed by atoms with Gasteiger partial charge in [-0.1, -0.05) is 78.1 Å². The van der Waals surface area contributed by atoms with Gasteiger partial charge in [0, 0.05) is 43.7 Å². The number of benzene rings is 2. The summed E-state index contributed by atoms with van der Waals surface area (Å²) < 4.78 is 11.3. The van der Waals surface area contributed by atoms with Crippen molar-refractivity contribution in [1.29, 1.82) is 0 Å². The summed E-state index contributed by atoms with van der Waals surface area (Å²) in [5.41, 5.74) is 1.10. The zero-order valence-electron chi connectivity index (χ0n) is 26.5. The van der Waals surface area contributed by atoms with Crippen molar-refractivity contribution in [3.05, 3.63) is 83.3 Å². The minimum Gasteiger partial charge on any atom is -0.512 e. The quantitative estimate of drug-likeness (QED) is 0.0473. The largest absolute Gasteiger partial charge is 0.512 e. The van der Waals surface area contributed by atoms with Gasteiger partial charge in [-0.05, 0) is 75.2 Å². The molecule has 0 saturated heterocycles. The first-order valence-corrected chi connectivity index (χ1v) is 15.6. The molecule has 0 heterocycles. The molecule has 0 bridgehead atoms.